The number of ether oxygens (including phenoxy) is 2. The fourth-order valence-electron chi connectivity index (χ4n) is 3.40. The van der Waals surface area contributed by atoms with Crippen molar-refractivity contribution in [2.24, 2.45) is 4.99 Å². The fourth-order valence-corrected chi connectivity index (χ4v) is 3.40. The van der Waals surface area contributed by atoms with E-state index in [1.54, 1.807) is 12.1 Å². The van der Waals surface area contributed by atoms with Gasteiger partial charge in [-0.1, -0.05) is 36.4 Å². The molecule has 1 aliphatic heterocycles. The number of nitro groups is 1. The number of benzene rings is 3. The Morgan fingerprint density at radius 1 is 0.933 bits per heavy atom. The van der Waals surface area contributed by atoms with E-state index >= 15 is 0 Å². The Bertz CT molecular complexity index is 1100. The monoisotopic (exact) mass is 402 g/mol. The third-order valence-corrected chi connectivity index (χ3v) is 4.65. The van der Waals surface area contributed by atoms with E-state index in [9.17, 15) is 10.1 Å². The van der Waals surface area contributed by atoms with Crippen molar-refractivity contribution in [2.45, 2.75) is 32.1 Å². The molecule has 3 aromatic carbocycles. The van der Waals surface area contributed by atoms with Crippen molar-refractivity contribution in [3.63, 3.8) is 0 Å². The van der Waals surface area contributed by atoms with Crippen LogP contribution in [0.4, 0.5) is 5.69 Å². The third kappa shape index (κ3) is 3.64. The predicted molar refractivity (Wildman–Crippen MR) is 115 cm³/mol. The minimum atomic E-state index is -1.31. The molecule has 0 aliphatic carbocycles. The van der Waals surface area contributed by atoms with Crippen LogP contribution < -0.4 is 4.74 Å². The summed E-state index contributed by atoms with van der Waals surface area (Å²) in [6.07, 6.45) is 0. The lowest BCUT2D eigenvalue weighted by Gasteiger charge is -2.30. The molecular formula is C24H22N2O4. The minimum Gasteiger partial charge on any atom is -0.444 e. The van der Waals surface area contributed by atoms with E-state index in [1.165, 1.54) is 12.1 Å². The molecule has 1 atom stereocenters. The first-order valence-electron chi connectivity index (χ1n) is 9.66. The van der Waals surface area contributed by atoms with Crippen LogP contribution in [-0.2, 0) is 10.5 Å². The molecule has 0 aromatic heterocycles. The van der Waals surface area contributed by atoms with Crippen molar-refractivity contribution >= 4 is 11.6 Å². The molecule has 3 aromatic rings. The van der Waals surface area contributed by atoms with Gasteiger partial charge in [0.2, 0.25) is 5.90 Å². The molecule has 0 spiro atoms. The summed E-state index contributed by atoms with van der Waals surface area (Å²) in [4.78, 5) is 15.5. The molecule has 0 saturated heterocycles. The van der Waals surface area contributed by atoms with Gasteiger partial charge < -0.3 is 9.47 Å². The largest absolute Gasteiger partial charge is 0.444 e. The summed E-state index contributed by atoms with van der Waals surface area (Å²) in [5.74, 6) is -0.216. The standard InChI is InChI=1S/C24H22N2O4/c1-23(2,3)25-22-20-11-7-8-12-21(20)24(30-22,29-19-9-5-4-6-10-19)17-13-15-18(16-14-17)26(27)28/h4-16H,1-3H3. The number of hydrogen-bond acceptors (Lipinski definition) is 5. The zero-order chi connectivity index (χ0) is 21.4. The molecule has 0 saturated carbocycles. The zero-order valence-corrected chi connectivity index (χ0v) is 17.0. The van der Waals surface area contributed by atoms with Crippen LogP contribution in [0.3, 0.4) is 0 Å². The lowest BCUT2D eigenvalue weighted by molar-refractivity contribution is -0.384. The van der Waals surface area contributed by atoms with Gasteiger partial charge in [0.1, 0.15) is 5.75 Å². The second-order valence-electron chi connectivity index (χ2n) is 8.07. The van der Waals surface area contributed by atoms with Crippen LogP contribution >= 0.6 is 0 Å². The number of non-ortho nitro benzene ring substituents is 1. The van der Waals surface area contributed by atoms with Gasteiger partial charge in [-0.15, -0.1) is 0 Å². The van der Waals surface area contributed by atoms with E-state index in [4.69, 9.17) is 14.5 Å². The number of hydrogen-bond donors (Lipinski definition) is 0. The topological polar surface area (TPSA) is 74.0 Å². The van der Waals surface area contributed by atoms with Crippen molar-refractivity contribution in [3.05, 3.63) is 106 Å². The van der Waals surface area contributed by atoms with Gasteiger partial charge in [-0.2, -0.15) is 0 Å². The lowest BCUT2D eigenvalue weighted by atomic mass is 9.95. The highest BCUT2D eigenvalue weighted by atomic mass is 16.7. The van der Waals surface area contributed by atoms with Crippen LogP contribution in [0.1, 0.15) is 37.5 Å². The van der Waals surface area contributed by atoms with Crippen LogP contribution in [-0.4, -0.2) is 16.4 Å². The number of nitrogens with zero attached hydrogens (tertiary/aromatic N) is 2. The molecule has 4 rings (SSSR count). The number of nitro benzene ring substituents is 1. The van der Waals surface area contributed by atoms with E-state index < -0.39 is 10.7 Å². The number of aliphatic imine (C=N–C) groups is 1. The number of para-hydroxylation sites is 1. The van der Waals surface area contributed by atoms with Crippen molar-refractivity contribution in [2.75, 3.05) is 0 Å². The molecule has 0 amide bonds. The highest BCUT2D eigenvalue weighted by molar-refractivity contribution is 5.99. The summed E-state index contributed by atoms with van der Waals surface area (Å²) in [6, 6.07) is 23.3. The quantitative estimate of drug-likeness (QED) is 0.430. The molecule has 0 fully saturated rings. The molecule has 6 nitrogen and oxygen atoms in total. The minimum absolute atomic E-state index is 0.00322. The number of rotatable bonds is 4. The molecule has 0 radical (unpaired) electrons. The molecule has 30 heavy (non-hydrogen) atoms. The Kier molecular flexibility index (Phi) is 4.78. The summed E-state index contributed by atoms with van der Waals surface area (Å²) >= 11 is 0. The van der Waals surface area contributed by atoms with Gasteiger partial charge in [-0.25, -0.2) is 4.99 Å². The normalized spacial score (nSPS) is 19.2. The second kappa shape index (κ2) is 7.30. The summed E-state index contributed by atoms with van der Waals surface area (Å²) < 4.78 is 12.9. The van der Waals surface area contributed by atoms with Gasteiger partial charge in [-0.05, 0) is 51.1 Å². The smallest absolute Gasteiger partial charge is 0.307 e. The van der Waals surface area contributed by atoms with Crippen LogP contribution in [0.25, 0.3) is 0 Å². The average molecular weight is 402 g/mol. The summed E-state index contributed by atoms with van der Waals surface area (Å²) in [5.41, 5.74) is 1.92. The maximum Gasteiger partial charge on any atom is 0.307 e. The molecular weight excluding hydrogens is 380 g/mol. The lowest BCUT2D eigenvalue weighted by Crippen LogP contribution is -2.35. The van der Waals surface area contributed by atoms with E-state index in [1.807, 2.05) is 75.4 Å². The van der Waals surface area contributed by atoms with Crippen LogP contribution in [0.5, 0.6) is 5.75 Å². The average Bonchev–Trinajstić information content (AvgIpc) is 3.02. The second-order valence-corrected chi connectivity index (χ2v) is 8.07. The summed E-state index contributed by atoms with van der Waals surface area (Å²) in [7, 11) is 0. The highest BCUT2D eigenvalue weighted by Gasteiger charge is 2.49. The van der Waals surface area contributed by atoms with Crippen molar-refractivity contribution in [1.29, 1.82) is 0 Å². The first kappa shape index (κ1) is 19.6. The van der Waals surface area contributed by atoms with E-state index in [0.29, 0.717) is 17.2 Å². The Morgan fingerprint density at radius 2 is 1.57 bits per heavy atom. The third-order valence-electron chi connectivity index (χ3n) is 4.65. The molecule has 6 heteroatoms. The van der Waals surface area contributed by atoms with Gasteiger partial charge in [0, 0.05) is 23.3 Å². The van der Waals surface area contributed by atoms with Gasteiger partial charge in [0.25, 0.3) is 5.69 Å². The van der Waals surface area contributed by atoms with Gasteiger partial charge in [0.15, 0.2) is 0 Å². The van der Waals surface area contributed by atoms with E-state index in [2.05, 4.69) is 0 Å². The van der Waals surface area contributed by atoms with Gasteiger partial charge in [0.05, 0.1) is 16.0 Å². The molecule has 152 valence electrons. The SMILES string of the molecule is CC(C)(C)N=C1OC(Oc2ccccc2)(c2ccc([N+](=O)[O-])cc2)c2ccccc21. The Labute approximate surface area is 175 Å². The van der Waals surface area contributed by atoms with Crippen molar-refractivity contribution in [3.8, 4) is 5.75 Å². The van der Waals surface area contributed by atoms with Crippen molar-refractivity contribution in [1.82, 2.24) is 0 Å². The van der Waals surface area contributed by atoms with E-state index in [-0.39, 0.29) is 11.2 Å². The zero-order valence-electron chi connectivity index (χ0n) is 17.0. The van der Waals surface area contributed by atoms with Crippen molar-refractivity contribution < 1.29 is 14.4 Å². The molecule has 0 bridgehead atoms. The Balaban J connectivity index is 1.92. The molecule has 1 unspecified atom stereocenters. The molecule has 0 N–H and O–H groups in total. The highest BCUT2D eigenvalue weighted by Crippen LogP contribution is 2.44. The fraction of sp³-hybridized carbons (Fsp3) is 0.208. The summed E-state index contributed by atoms with van der Waals surface area (Å²) in [5, 5.41) is 11.1. The Hall–Kier alpha value is -3.67. The molecule has 1 heterocycles. The maximum absolute atomic E-state index is 11.1. The van der Waals surface area contributed by atoms with Crippen LogP contribution in [0.15, 0.2) is 83.9 Å². The maximum atomic E-state index is 11.1. The van der Waals surface area contributed by atoms with Crippen LogP contribution in [0.2, 0.25) is 0 Å². The number of fused-ring (bicyclic) bond motifs is 1. The van der Waals surface area contributed by atoms with E-state index in [0.717, 1.165) is 11.1 Å². The first-order chi connectivity index (χ1) is 14.3. The predicted octanol–water partition coefficient (Wildman–Crippen LogP) is 5.45. The first-order valence-corrected chi connectivity index (χ1v) is 9.66. The van der Waals surface area contributed by atoms with Gasteiger partial charge in [-0.3, -0.25) is 10.1 Å². The van der Waals surface area contributed by atoms with Crippen LogP contribution in [0, 0.1) is 10.1 Å². The summed E-state index contributed by atoms with van der Waals surface area (Å²) in [6.45, 7) is 5.99. The van der Waals surface area contributed by atoms with Gasteiger partial charge >= 0.3 is 5.79 Å². The molecule has 1 aliphatic rings. The Morgan fingerprint density at radius 3 is 2.20 bits per heavy atom.